The van der Waals surface area contributed by atoms with Gasteiger partial charge in [0.2, 0.25) is 0 Å². The summed E-state index contributed by atoms with van der Waals surface area (Å²) in [5.41, 5.74) is 3.79. The number of halogens is 2. The first-order valence-corrected chi connectivity index (χ1v) is 10.5. The van der Waals surface area contributed by atoms with Gasteiger partial charge in [0.15, 0.2) is 12.6 Å². The van der Waals surface area contributed by atoms with Crippen LogP contribution in [-0.2, 0) is 18.9 Å². The third kappa shape index (κ3) is 4.38. The lowest BCUT2D eigenvalue weighted by molar-refractivity contribution is -0.373. The van der Waals surface area contributed by atoms with Gasteiger partial charge in [0, 0.05) is 11.1 Å². The molecule has 4 rings (SSSR count). The van der Waals surface area contributed by atoms with Gasteiger partial charge in [0.05, 0.1) is 23.3 Å². The molecule has 2 aromatic carbocycles. The van der Waals surface area contributed by atoms with Crippen molar-refractivity contribution in [3.8, 4) is 0 Å². The lowest BCUT2D eigenvalue weighted by Crippen LogP contribution is -2.58. The van der Waals surface area contributed by atoms with E-state index >= 15 is 0 Å². The average molecular weight is 455 g/mol. The molecule has 6 nitrogen and oxygen atoms in total. The largest absolute Gasteiger partial charge is 0.394 e. The number of aliphatic hydroxyl groups excluding tert-OH is 2. The van der Waals surface area contributed by atoms with Gasteiger partial charge in [-0.05, 0) is 37.1 Å². The molecule has 6 unspecified atom stereocenters. The fourth-order valence-corrected chi connectivity index (χ4v) is 3.99. The van der Waals surface area contributed by atoms with Gasteiger partial charge in [0.25, 0.3) is 0 Å². The van der Waals surface area contributed by atoms with E-state index in [1.807, 2.05) is 32.0 Å². The summed E-state index contributed by atoms with van der Waals surface area (Å²) < 4.78 is 24.1. The number of rotatable bonds is 4. The molecule has 2 aromatic rings. The zero-order valence-corrected chi connectivity index (χ0v) is 18.1. The Morgan fingerprint density at radius 3 is 2.37 bits per heavy atom. The molecular formula is C22H24Cl2O6. The van der Waals surface area contributed by atoms with E-state index in [0.717, 1.165) is 16.7 Å². The minimum Gasteiger partial charge on any atom is -0.394 e. The summed E-state index contributed by atoms with van der Waals surface area (Å²) in [5, 5.41) is 20.8. The summed E-state index contributed by atoms with van der Waals surface area (Å²) in [5.74, 6) is 0. The van der Waals surface area contributed by atoms with Crippen LogP contribution in [0.2, 0.25) is 10.0 Å². The Balaban J connectivity index is 1.57. The van der Waals surface area contributed by atoms with Crippen molar-refractivity contribution in [2.75, 3.05) is 13.2 Å². The van der Waals surface area contributed by atoms with E-state index in [4.69, 9.17) is 42.1 Å². The van der Waals surface area contributed by atoms with E-state index in [1.165, 1.54) is 0 Å². The molecule has 2 saturated heterocycles. The normalized spacial score (nSPS) is 30.0. The summed E-state index contributed by atoms with van der Waals surface area (Å²) in [6.45, 7) is 3.81. The molecule has 30 heavy (non-hydrogen) atoms. The van der Waals surface area contributed by atoms with Gasteiger partial charge < -0.3 is 29.2 Å². The van der Waals surface area contributed by atoms with Crippen LogP contribution >= 0.6 is 23.2 Å². The quantitative estimate of drug-likeness (QED) is 0.730. The molecule has 8 heteroatoms. The molecule has 0 spiro atoms. The second-order valence-electron chi connectivity index (χ2n) is 7.64. The summed E-state index contributed by atoms with van der Waals surface area (Å²) in [7, 11) is 0. The van der Waals surface area contributed by atoms with Crippen LogP contribution < -0.4 is 0 Å². The summed E-state index contributed by atoms with van der Waals surface area (Å²) >= 11 is 12.1. The van der Waals surface area contributed by atoms with Crippen LogP contribution in [0.15, 0.2) is 36.4 Å². The van der Waals surface area contributed by atoms with Crippen LogP contribution in [0.4, 0.5) is 0 Å². The number of fused-ring (bicyclic) bond motifs is 1. The molecule has 2 aliphatic heterocycles. The van der Waals surface area contributed by atoms with Gasteiger partial charge in [0.1, 0.15) is 24.4 Å². The van der Waals surface area contributed by atoms with Crippen molar-refractivity contribution in [2.45, 2.75) is 50.8 Å². The van der Waals surface area contributed by atoms with Crippen LogP contribution in [0.1, 0.15) is 34.8 Å². The number of hydrogen-bond donors (Lipinski definition) is 2. The van der Waals surface area contributed by atoms with Gasteiger partial charge >= 0.3 is 0 Å². The zero-order chi connectivity index (χ0) is 21.4. The molecule has 2 aliphatic rings. The second-order valence-corrected chi connectivity index (χ2v) is 8.45. The number of aryl methyl sites for hydroxylation is 2. The molecule has 0 bridgehead atoms. The van der Waals surface area contributed by atoms with Crippen LogP contribution in [-0.4, -0.2) is 47.8 Å². The lowest BCUT2D eigenvalue weighted by atomic mass is 9.99. The van der Waals surface area contributed by atoms with Gasteiger partial charge in [-0.15, -0.1) is 0 Å². The van der Waals surface area contributed by atoms with Gasteiger partial charge in [-0.1, -0.05) is 47.5 Å². The summed E-state index contributed by atoms with van der Waals surface area (Å²) in [4.78, 5) is 0. The lowest BCUT2D eigenvalue weighted by Gasteiger charge is -2.47. The second kappa shape index (κ2) is 9.10. The maximum atomic E-state index is 10.4. The van der Waals surface area contributed by atoms with Crippen LogP contribution in [0.5, 0.6) is 0 Å². The van der Waals surface area contributed by atoms with Crippen molar-refractivity contribution >= 4 is 23.2 Å². The first-order valence-electron chi connectivity index (χ1n) is 9.76. The topological polar surface area (TPSA) is 77.4 Å². The van der Waals surface area contributed by atoms with Gasteiger partial charge in [-0.3, -0.25) is 0 Å². The third-order valence-electron chi connectivity index (χ3n) is 5.55. The van der Waals surface area contributed by atoms with Crippen LogP contribution in [0.3, 0.4) is 0 Å². The SMILES string of the molecule is Cc1ccc(C2OC3COC(c4ccc(Cl)c(Cl)c4)OC3C(C(O)CO)O2)cc1C. The molecule has 0 saturated carbocycles. The molecule has 0 amide bonds. The van der Waals surface area contributed by atoms with Gasteiger partial charge in [-0.25, -0.2) is 0 Å². The van der Waals surface area contributed by atoms with Crippen molar-refractivity contribution in [1.82, 2.24) is 0 Å². The number of ether oxygens (including phenoxy) is 4. The maximum Gasteiger partial charge on any atom is 0.184 e. The molecule has 2 N–H and O–H groups in total. The predicted octanol–water partition coefficient (Wildman–Crippen LogP) is 3.86. The predicted molar refractivity (Wildman–Crippen MR) is 112 cm³/mol. The molecular weight excluding hydrogens is 431 g/mol. The minimum atomic E-state index is -1.14. The highest BCUT2D eigenvalue weighted by Gasteiger charge is 2.48. The minimum absolute atomic E-state index is 0.231. The standard InChI is InChI=1S/C22H24Cl2O6/c1-11-3-4-13(7-12(11)2)22-28-18-10-27-21(14-5-6-15(23)16(24)8-14)30-20(18)19(29-22)17(26)9-25/h3-8,17-22,25-26H,9-10H2,1-2H3. The van der Waals surface area contributed by atoms with E-state index in [2.05, 4.69) is 0 Å². The first kappa shape index (κ1) is 22.0. The van der Waals surface area contributed by atoms with Crippen molar-refractivity contribution < 1.29 is 29.2 Å². The van der Waals surface area contributed by atoms with Crippen molar-refractivity contribution in [3.05, 3.63) is 68.7 Å². The van der Waals surface area contributed by atoms with Gasteiger partial charge in [-0.2, -0.15) is 0 Å². The van der Waals surface area contributed by atoms with E-state index in [1.54, 1.807) is 18.2 Å². The Kier molecular flexibility index (Phi) is 6.67. The molecule has 162 valence electrons. The highest BCUT2D eigenvalue weighted by Crippen LogP contribution is 2.40. The Labute approximate surface area is 185 Å². The highest BCUT2D eigenvalue weighted by molar-refractivity contribution is 6.42. The Morgan fingerprint density at radius 1 is 0.933 bits per heavy atom. The maximum absolute atomic E-state index is 10.4. The Bertz CT molecular complexity index is 905. The van der Waals surface area contributed by atoms with E-state index in [9.17, 15) is 10.2 Å². The van der Waals surface area contributed by atoms with E-state index < -0.39 is 43.6 Å². The molecule has 2 fully saturated rings. The first-order chi connectivity index (χ1) is 14.4. The van der Waals surface area contributed by atoms with E-state index in [-0.39, 0.29) is 6.61 Å². The molecule has 6 atom stereocenters. The average Bonchev–Trinajstić information content (AvgIpc) is 2.75. The molecule has 2 heterocycles. The summed E-state index contributed by atoms with van der Waals surface area (Å²) in [6, 6.07) is 11.0. The number of aliphatic hydroxyl groups is 2. The Morgan fingerprint density at radius 2 is 1.67 bits per heavy atom. The van der Waals surface area contributed by atoms with Crippen molar-refractivity contribution in [1.29, 1.82) is 0 Å². The van der Waals surface area contributed by atoms with Crippen LogP contribution in [0.25, 0.3) is 0 Å². The van der Waals surface area contributed by atoms with Crippen molar-refractivity contribution in [3.63, 3.8) is 0 Å². The molecule has 0 radical (unpaired) electrons. The smallest absolute Gasteiger partial charge is 0.184 e. The molecule has 0 aromatic heterocycles. The van der Waals surface area contributed by atoms with Crippen molar-refractivity contribution in [2.24, 2.45) is 0 Å². The van der Waals surface area contributed by atoms with E-state index in [0.29, 0.717) is 15.6 Å². The Hall–Kier alpha value is -1.22. The monoisotopic (exact) mass is 454 g/mol. The summed E-state index contributed by atoms with van der Waals surface area (Å²) in [6.07, 6.45) is -4.47. The highest BCUT2D eigenvalue weighted by atomic mass is 35.5. The number of hydrogen-bond acceptors (Lipinski definition) is 6. The van der Waals surface area contributed by atoms with Crippen LogP contribution in [0, 0.1) is 13.8 Å². The third-order valence-corrected chi connectivity index (χ3v) is 6.29. The molecule has 0 aliphatic carbocycles. The fraction of sp³-hybridized carbons (Fsp3) is 0.455. The fourth-order valence-electron chi connectivity index (χ4n) is 3.68. The zero-order valence-electron chi connectivity index (χ0n) is 16.6. The number of benzene rings is 2.